The molecular formula is C17H29ClN2O2. The zero-order valence-corrected chi connectivity index (χ0v) is 14.6. The van der Waals surface area contributed by atoms with Crippen molar-refractivity contribution >= 4 is 18.3 Å². The zero-order chi connectivity index (χ0) is 15.7. The molecule has 126 valence electrons. The first-order valence-corrected chi connectivity index (χ1v) is 7.79. The van der Waals surface area contributed by atoms with Gasteiger partial charge in [-0.3, -0.25) is 4.79 Å². The Morgan fingerprint density at radius 3 is 2.68 bits per heavy atom. The quantitative estimate of drug-likeness (QED) is 0.731. The van der Waals surface area contributed by atoms with E-state index in [1.165, 1.54) is 5.56 Å². The van der Waals surface area contributed by atoms with Gasteiger partial charge < -0.3 is 15.8 Å². The lowest BCUT2D eigenvalue weighted by atomic mass is 10.0. The van der Waals surface area contributed by atoms with E-state index in [9.17, 15) is 4.79 Å². The number of hydrogen-bond acceptors (Lipinski definition) is 3. The Morgan fingerprint density at radius 2 is 2.09 bits per heavy atom. The molecule has 0 saturated heterocycles. The van der Waals surface area contributed by atoms with Crippen LogP contribution in [0, 0.1) is 0 Å². The molecule has 1 unspecified atom stereocenters. The Labute approximate surface area is 140 Å². The Kier molecular flexibility index (Phi) is 10.7. The standard InChI is InChI=1S/C17H28N2O2.ClH/c1-4-5-8-15(11-18)19-17(20)12-21-16-9-6-7-14(10-16)13(2)3;/h6-7,9-10,13,15H,4-5,8,11-12,18H2,1-3H3,(H,19,20);1H. The highest BCUT2D eigenvalue weighted by Crippen LogP contribution is 2.19. The summed E-state index contributed by atoms with van der Waals surface area (Å²) in [5.41, 5.74) is 6.87. The predicted molar refractivity (Wildman–Crippen MR) is 93.8 cm³/mol. The summed E-state index contributed by atoms with van der Waals surface area (Å²) < 4.78 is 5.56. The number of ether oxygens (including phenoxy) is 1. The maximum absolute atomic E-state index is 11.9. The minimum absolute atomic E-state index is 0. The minimum atomic E-state index is -0.114. The number of unbranched alkanes of at least 4 members (excludes halogenated alkanes) is 1. The number of nitrogens with two attached hydrogens (primary N) is 1. The third-order valence-corrected chi connectivity index (χ3v) is 3.45. The van der Waals surface area contributed by atoms with E-state index < -0.39 is 0 Å². The molecule has 1 amide bonds. The second-order valence-electron chi connectivity index (χ2n) is 5.66. The maximum Gasteiger partial charge on any atom is 0.258 e. The van der Waals surface area contributed by atoms with Crippen LogP contribution in [0.5, 0.6) is 5.75 Å². The summed E-state index contributed by atoms with van der Waals surface area (Å²) in [5, 5.41) is 2.92. The number of benzene rings is 1. The van der Waals surface area contributed by atoms with Gasteiger partial charge in [0, 0.05) is 12.6 Å². The molecule has 1 aromatic rings. The Balaban J connectivity index is 0.00000441. The van der Waals surface area contributed by atoms with Crippen molar-refractivity contribution in [3.8, 4) is 5.75 Å². The van der Waals surface area contributed by atoms with Crippen LogP contribution in [-0.4, -0.2) is 25.1 Å². The molecule has 1 aromatic carbocycles. The number of nitrogens with one attached hydrogen (secondary N) is 1. The summed E-state index contributed by atoms with van der Waals surface area (Å²) >= 11 is 0. The molecule has 22 heavy (non-hydrogen) atoms. The molecule has 4 nitrogen and oxygen atoms in total. The van der Waals surface area contributed by atoms with E-state index in [-0.39, 0.29) is 31.0 Å². The van der Waals surface area contributed by atoms with E-state index in [4.69, 9.17) is 10.5 Å². The van der Waals surface area contributed by atoms with Crippen LogP contribution in [0.4, 0.5) is 0 Å². The fourth-order valence-corrected chi connectivity index (χ4v) is 2.08. The van der Waals surface area contributed by atoms with Gasteiger partial charge in [0.15, 0.2) is 6.61 Å². The zero-order valence-electron chi connectivity index (χ0n) is 13.8. The second kappa shape index (κ2) is 11.3. The monoisotopic (exact) mass is 328 g/mol. The van der Waals surface area contributed by atoms with Gasteiger partial charge in [-0.25, -0.2) is 0 Å². The first-order chi connectivity index (χ1) is 10.1. The lowest BCUT2D eigenvalue weighted by molar-refractivity contribution is -0.123. The average molecular weight is 329 g/mol. The van der Waals surface area contributed by atoms with E-state index in [1.54, 1.807) is 0 Å². The van der Waals surface area contributed by atoms with Crippen LogP contribution in [0.15, 0.2) is 24.3 Å². The van der Waals surface area contributed by atoms with Gasteiger partial charge in [0.1, 0.15) is 5.75 Å². The topological polar surface area (TPSA) is 64.3 Å². The van der Waals surface area contributed by atoms with E-state index in [0.717, 1.165) is 25.0 Å². The highest BCUT2D eigenvalue weighted by Gasteiger charge is 2.11. The number of carbonyl (C=O) groups excluding carboxylic acids is 1. The first-order valence-electron chi connectivity index (χ1n) is 7.79. The van der Waals surface area contributed by atoms with Crippen molar-refractivity contribution in [2.24, 2.45) is 5.73 Å². The number of carbonyl (C=O) groups is 1. The van der Waals surface area contributed by atoms with E-state index >= 15 is 0 Å². The van der Waals surface area contributed by atoms with E-state index in [2.05, 4.69) is 32.2 Å². The largest absolute Gasteiger partial charge is 0.484 e. The second-order valence-corrected chi connectivity index (χ2v) is 5.66. The van der Waals surface area contributed by atoms with Gasteiger partial charge in [0.25, 0.3) is 5.91 Å². The number of halogens is 1. The van der Waals surface area contributed by atoms with Gasteiger partial charge in [0.2, 0.25) is 0 Å². The van der Waals surface area contributed by atoms with Gasteiger partial charge >= 0.3 is 0 Å². The molecule has 0 bridgehead atoms. The Morgan fingerprint density at radius 1 is 1.36 bits per heavy atom. The molecular weight excluding hydrogens is 300 g/mol. The minimum Gasteiger partial charge on any atom is -0.484 e. The molecule has 1 atom stereocenters. The molecule has 0 aliphatic rings. The predicted octanol–water partition coefficient (Wildman–Crippen LogP) is 3.24. The van der Waals surface area contributed by atoms with E-state index in [1.807, 2.05) is 18.2 Å². The molecule has 5 heteroatoms. The fraction of sp³-hybridized carbons (Fsp3) is 0.588. The van der Waals surface area contributed by atoms with Gasteiger partial charge in [0.05, 0.1) is 0 Å². The molecule has 0 aliphatic carbocycles. The average Bonchev–Trinajstić information content (AvgIpc) is 2.49. The van der Waals surface area contributed by atoms with Crippen LogP contribution in [-0.2, 0) is 4.79 Å². The van der Waals surface area contributed by atoms with Gasteiger partial charge in [-0.1, -0.05) is 45.7 Å². The lowest BCUT2D eigenvalue weighted by Gasteiger charge is -2.17. The highest BCUT2D eigenvalue weighted by atomic mass is 35.5. The van der Waals surface area contributed by atoms with Crippen molar-refractivity contribution < 1.29 is 9.53 Å². The van der Waals surface area contributed by atoms with Crippen molar-refractivity contribution in [3.63, 3.8) is 0 Å². The Hall–Kier alpha value is -1.26. The molecule has 0 fully saturated rings. The number of rotatable bonds is 9. The molecule has 0 spiro atoms. The number of amides is 1. The summed E-state index contributed by atoms with van der Waals surface area (Å²) in [4.78, 5) is 11.9. The third-order valence-electron chi connectivity index (χ3n) is 3.45. The molecule has 0 heterocycles. The molecule has 0 aromatic heterocycles. The van der Waals surface area contributed by atoms with Crippen molar-refractivity contribution in [2.45, 2.75) is 52.0 Å². The van der Waals surface area contributed by atoms with Crippen LogP contribution in [0.1, 0.15) is 51.5 Å². The first kappa shape index (κ1) is 20.7. The maximum atomic E-state index is 11.9. The molecule has 0 radical (unpaired) electrons. The summed E-state index contributed by atoms with van der Waals surface area (Å²) in [6.45, 7) is 6.88. The van der Waals surface area contributed by atoms with Gasteiger partial charge in [-0.2, -0.15) is 0 Å². The van der Waals surface area contributed by atoms with Crippen molar-refractivity contribution in [1.29, 1.82) is 0 Å². The van der Waals surface area contributed by atoms with Crippen LogP contribution >= 0.6 is 12.4 Å². The Bertz CT molecular complexity index is 438. The molecule has 0 saturated carbocycles. The molecule has 3 N–H and O–H groups in total. The van der Waals surface area contributed by atoms with Crippen LogP contribution < -0.4 is 15.8 Å². The van der Waals surface area contributed by atoms with Crippen LogP contribution in [0.2, 0.25) is 0 Å². The van der Waals surface area contributed by atoms with Crippen molar-refractivity contribution in [3.05, 3.63) is 29.8 Å². The van der Waals surface area contributed by atoms with Crippen molar-refractivity contribution in [1.82, 2.24) is 5.32 Å². The summed E-state index contributed by atoms with van der Waals surface area (Å²) in [6.07, 6.45) is 3.09. The molecule has 0 aliphatic heterocycles. The van der Waals surface area contributed by atoms with Crippen LogP contribution in [0.25, 0.3) is 0 Å². The van der Waals surface area contributed by atoms with Crippen LogP contribution in [0.3, 0.4) is 0 Å². The SMILES string of the molecule is CCCCC(CN)NC(=O)COc1cccc(C(C)C)c1.Cl. The fourth-order valence-electron chi connectivity index (χ4n) is 2.08. The summed E-state index contributed by atoms with van der Waals surface area (Å²) in [5.74, 6) is 1.06. The normalized spacial score (nSPS) is 11.7. The van der Waals surface area contributed by atoms with Gasteiger partial charge in [-0.05, 0) is 30.0 Å². The van der Waals surface area contributed by atoms with Gasteiger partial charge in [-0.15, -0.1) is 12.4 Å². The number of hydrogen-bond donors (Lipinski definition) is 2. The lowest BCUT2D eigenvalue weighted by Crippen LogP contribution is -2.42. The molecule has 1 rings (SSSR count). The van der Waals surface area contributed by atoms with E-state index in [0.29, 0.717) is 12.5 Å². The highest BCUT2D eigenvalue weighted by molar-refractivity contribution is 5.85. The third kappa shape index (κ3) is 7.66. The summed E-state index contributed by atoms with van der Waals surface area (Å²) in [6, 6.07) is 7.91. The smallest absolute Gasteiger partial charge is 0.258 e. The summed E-state index contributed by atoms with van der Waals surface area (Å²) in [7, 11) is 0. The van der Waals surface area contributed by atoms with Crippen molar-refractivity contribution in [2.75, 3.05) is 13.2 Å².